The van der Waals surface area contributed by atoms with E-state index in [1.54, 1.807) is 19.1 Å². The predicted octanol–water partition coefficient (Wildman–Crippen LogP) is 1.86. The molecule has 1 heterocycles. The molecule has 1 aliphatic rings. The van der Waals surface area contributed by atoms with Gasteiger partial charge in [-0.3, -0.25) is 4.79 Å². The van der Waals surface area contributed by atoms with Crippen LogP contribution in [0.15, 0.2) is 18.2 Å². The number of nitrogens with one attached hydrogen (secondary N) is 1. The van der Waals surface area contributed by atoms with Crippen molar-refractivity contribution in [2.45, 2.75) is 19.4 Å². The van der Waals surface area contributed by atoms with E-state index < -0.39 is 0 Å². The summed E-state index contributed by atoms with van der Waals surface area (Å²) in [5, 5.41) is 3.30. The highest BCUT2D eigenvalue weighted by Crippen LogP contribution is 2.31. The van der Waals surface area contributed by atoms with Crippen molar-refractivity contribution in [3.63, 3.8) is 0 Å². The predicted molar refractivity (Wildman–Crippen MR) is 92.0 cm³/mol. The van der Waals surface area contributed by atoms with E-state index in [1.807, 2.05) is 25.1 Å². The highest BCUT2D eigenvalue weighted by molar-refractivity contribution is 5.94. The van der Waals surface area contributed by atoms with Gasteiger partial charge in [0.1, 0.15) is 0 Å². The van der Waals surface area contributed by atoms with Crippen LogP contribution in [0.4, 0.5) is 5.69 Å². The Morgan fingerprint density at radius 3 is 2.65 bits per heavy atom. The summed E-state index contributed by atoms with van der Waals surface area (Å²) in [4.78, 5) is 14.3. The Balaban J connectivity index is 0.00000264. The van der Waals surface area contributed by atoms with Crippen molar-refractivity contribution >= 4 is 24.0 Å². The third-order valence-corrected chi connectivity index (χ3v) is 3.72. The molecule has 23 heavy (non-hydrogen) atoms. The molecule has 1 N–H and O–H groups in total. The van der Waals surface area contributed by atoms with Crippen LogP contribution in [0.5, 0.6) is 11.5 Å². The molecule has 130 valence electrons. The van der Waals surface area contributed by atoms with Crippen molar-refractivity contribution in [1.29, 1.82) is 0 Å². The van der Waals surface area contributed by atoms with Gasteiger partial charge < -0.3 is 24.4 Å². The minimum Gasteiger partial charge on any atom is -0.493 e. The summed E-state index contributed by atoms with van der Waals surface area (Å²) >= 11 is 0. The largest absolute Gasteiger partial charge is 0.493 e. The van der Waals surface area contributed by atoms with Gasteiger partial charge in [0.05, 0.1) is 27.4 Å². The maximum atomic E-state index is 12.6. The molecule has 2 rings (SSSR count). The Morgan fingerprint density at radius 2 is 2.09 bits per heavy atom. The second-order valence-corrected chi connectivity index (χ2v) is 5.11. The minimum absolute atomic E-state index is 0. The van der Waals surface area contributed by atoms with Crippen LogP contribution in [-0.4, -0.2) is 52.5 Å². The first-order valence-electron chi connectivity index (χ1n) is 7.53. The number of anilines is 1. The van der Waals surface area contributed by atoms with Gasteiger partial charge in [0.15, 0.2) is 11.5 Å². The van der Waals surface area contributed by atoms with Crippen LogP contribution in [-0.2, 0) is 9.53 Å². The molecule has 1 unspecified atom stereocenters. The monoisotopic (exact) mass is 344 g/mol. The maximum Gasteiger partial charge on any atom is 0.228 e. The Morgan fingerprint density at radius 1 is 1.35 bits per heavy atom. The lowest BCUT2D eigenvalue weighted by atomic mass is 10.1. The molecular formula is C16H25ClN2O4. The number of morpholine rings is 1. The number of nitrogens with zero attached hydrogens (tertiary/aromatic N) is 1. The lowest BCUT2D eigenvalue weighted by Crippen LogP contribution is -2.45. The first-order chi connectivity index (χ1) is 10.7. The number of rotatable bonds is 6. The van der Waals surface area contributed by atoms with Crippen LogP contribution < -0.4 is 19.7 Å². The van der Waals surface area contributed by atoms with E-state index in [0.717, 1.165) is 12.2 Å². The Bertz CT molecular complexity index is 507. The van der Waals surface area contributed by atoms with E-state index in [9.17, 15) is 4.79 Å². The minimum atomic E-state index is 0. The van der Waals surface area contributed by atoms with E-state index in [0.29, 0.717) is 37.7 Å². The average Bonchev–Trinajstić information content (AvgIpc) is 2.56. The van der Waals surface area contributed by atoms with Crippen LogP contribution in [0.1, 0.15) is 13.3 Å². The van der Waals surface area contributed by atoms with Crippen molar-refractivity contribution in [2.24, 2.45) is 0 Å². The normalized spacial score (nSPS) is 17.1. The molecule has 7 heteroatoms. The number of methoxy groups -OCH3 is 2. The number of carbonyl (C=O) groups is 1. The summed E-state index contributed by atoms with van der Waals surface area (Å²) in [6.45, 7) is 4.63. The quantitative estimate of drug-likeness (QED) is 0.853. The molecule has 0 bridgehead atoms. The van der Waals surface area contributed by atoms with Crippen molar-refractivity contribution in [1.82, 2.24) is 5.32 Å². The molecule has 0 saturated carbocycles. The fourth-order valence-electron chi connectivity index (χ4n) is 2.57. The zero-order valence-electron chi connectivity index (χ0n) is 13.8. The number of benzene rings is 1. The average molecular weight is 345 g/mol. The smallest absolute Gasteiger partial charge is 0.228 e. The van der Waals surface area contributed by atoms with Gasteiger partial charge in [0.25, 0.3) is 0 Å². The van der Waals surface area contributed by atoms with Crippen molar-refractivity contribution in [3.8, 4) is 11.5 Å². The fourth-order valence-corrected chi connectivity index (χ4v) is 2.57. The zero-order chi connectivity index (χ0) is 15.9. The lowest BCUT2D eigenvalue weighted by molar-refractivity contribution is -0.119. The van der Waals surface area contributed by atoms with Gasteiger partial charge >= 0.3 is 0 Å². The number of hydrogen-bond acceptors (Lipinski definition) is 5. The van der Waals surface area contributed by atoms with Crippen LogP contribution in [0.25, 0.3) is 0 Å². The highest BCUT2D eigenvalue weighted by Gasteiger charge is 2.22. The summed E-state index contributed by atoms with van der Waals surface area (Å²) in [6.07, 6.45) is 0.419. The molecule has 1 aliphatic heterocycles. The van der Waals surface area contributed by atoms with Gasteiger partial charge in [-0.2, -0.15) is 0 Å². The van der Waals surface area contributed by atoms with E-state index in [2.05, 4.69) is 5.32 Å². The molecule has 0 spiro atoms. The van der Waals surface area contributed by atoms with Gasteiger partial charge in [0, 0.05) is 37.3 Å². The van der Waals surface area contributed by atoms with Gasteiger partial charge in [-0.25, -0.2) is 0 Å². The van der Waals surface area contributed by atoms with Crippen molar-refractivity contribution in [3.05, 3.63) is 18.2 Å². The topological polar surface area (TPSA) is 60.0 Å². The number of halogens is 1. The van der Waals surface area contributed by atoms with Gasteiger partial charge in [-0.1, -0.05) is 0 Å². The molecule has 1 aromatic carbocycles. The molecular weight excluding hydrogens is 320 g/mol. The summed E-state index contributed by atoms with van der Waals surface area (Å²) in [7, 11) is 3.18. The fraction of sp³-hybridized carbons (Fsp3) is 0.562. The SMILES string of the molecule is CCN(C(=O)CC1COCCN1)c1ccc(OC)c(OC)c1.Cl. The summed E-state index contributed by atoms with van der Waals surface area (Å²) < 4.78 is 15.9. The standard InChI is InChI=1S/C16H24N2O4.ClH/c1-4-18(16(19)9-12-11-22-8-7-17-12)13-5-6-14(20-2)15(10-13)21-3;/h5-6,10,12,17H,4,7-9,11H2,1-3H3;1H. The molecule has 0 aromatic heterocycles. The maximum absolute atomic E-state index is 12.6. The van der Waals surface area contributed by atoms with E-state index in [4.69, 9.17) is 14.2 Å². The molecule has 1 saturated heterocycles. The van der Waals surface area contributed by atoms with Crippen LogP contribution in [0.3, 0.4) is 0 Å². The first kappa shape index (κ1) is 19.5. The van der Waals surface area contributed by atoms with Crippen molar-refractivity contribution in [2.75, 3.05) is 45.4 Å². The number of hydrogen-bond donors (Lipinski definition) is 1. The van der Waals surface area contributed by atoms with E-state index >= 15 is 0 Å². The van der Waals surface area contributed by atoms with Gasteiger partial charge in [0.2, 0.25) is 5.91 Å². The third kappa shape index (κ3) is 4.99. The Hall–Kier alpha value is -1.50. The second-order valence-electron chi connectivity index (χ2n) is 5.11. The molecule has 1 amide bonds. The molecule has 0 radical (unpaired) electrons. The van der Waals surface area contributed by atoms with E-state index in [1.165, 1.54) is 0 Å². The van der Waals surface area contributed by atoms with Crippen LogP contribution >= 0.6 is 12.4 Å². The number of amides is 1. The number of carbonyl (C=O) groups excluding carboxylic acids is 1. The summed E-state index contributed by atoms with van der Waals surface area (Å²) in [6, 6.07) is 5.58. The molecule has 1 atom stereocenters. The Kier molecular flexibility index (Phi) is 8.16. The lowest BCUT2D eigenvalue weighted by Gasteiger charge is -2.27. The Labute approximate surface area is 143 Å². The first-order valence-corrected chi connectivity index (χ1v) is 7.53. The second kappa shape index (κ2) is 9.60. The van der Waals surface area contributed by atoms with Gasteiger partial charge in [-0.15, -0.1) is 12.4 Å². The van der Waals surface area contributed by atoms with E-state index in [-0.39, 0.29) is 24.4 Å². The summed E-state index contributed by atoms with van der Waals surface area (Å²) in [5.41, 5.74) is 0.807. The molecule has 6 nitrogen and oxygen atoms in total. The molecule has 1 fully saturated rings. The molecule has 0 aliphatic carbocycles. The number of ether oxygens (including phenoxy) is 3. The highest BCUT2D eigenvalue weighted by atomic mass is 35.5. The summed E-state index contributed by atoms with van der Waals surface area (Å²) in [5.74, 6) is 1.33. The molecule has 1 aromatic rings. The van der Waals surface area contributed by atoms with Gasteiger partial charge in [-0.05, 0) is 19.1 Å². The third-order valence-electron chi connectivity index (χ3n) is 3.72. The van der Waals surface area contributed by atoms with Crippen LogP contribution in [0, 0.1) is 0 Å². The van der Waals surface area contributed by atoms with Crippen molar-refractivity contribution < 1.29 is 19.0 Å². The zero-order valence-corrected chi connectivity index (χ0v) is 14.6. The van der Waals surface area contributed by atoms with Crippen LogP contribution in [0.2, 0.25) is 0 Å².